The van der Waals surface area contributed by atoms with Crippen LogP contribution in [0.5, 0.6) is 0 Å². The first kappa shape index (κ1) is 23.1. The molecule has 0 aromatic heterocycles. The van der Waals surface area contributed by atoms with E-state index in [9.17, 15) is 13.2 Å². The number of halogens is 1. The fraction of sp³-hybridized carbons (Fsp3) is 0.458. The first-order chi connectivity index (χ1) is 15.4. The van der Waals surface area contributed by atoms with Crippen LogP contribution in [0.2, 0.25) is 5.02 Å². The summed E-state index contributed by atoms with van der Waals surface area (Å²) >= 11 is 6.27. The van der Waals surface area contributed by atoms with E-state index in [1.54, 1.807) is 0 Å². The molecule has 2 aromatic carbocycles. The molecule has 1 N–H and O–H groups in total. The summed E-state index contributed by atoms with van der Waals surface area (Å²) in [7, 11) is -3.66. The summed E-state index contributed by atoms with van der Waals surface area (Å²) in [5.74, 6) is -0.423. The third kappa shape index (κ3) is 5.27. The van der Waals surface area contributed by atoms with Crippen molar-refractivity contribution in [3.8, 4) is 0 Å². The quantitative estimate of drug-likeness (QED) is 0.649. The van der Waals surface area contributed by atoms with Crippen LogP contribution in [0.15, 0.2) is 47.4 Å². The highest BCUT2D eigenvalue weighted by Crippen LogP contribution is 2.27. The zero-order valence-corrected chi connectivity index (χ0v) is 19.8. The second kappa shape index (κ2) is 10.2. The molecule has 0 unspecified atom stereocenters. The lowest BCUT2D eigenvalue weighted by Crippen LogP contribution is -2.32. The van der Waals surface area contributed by atoms with Gasteiger partial charge in [-0.3, -0.25) is 4.79 Å². The Morgan fingerprint density at radius 1 is 0.812 bits per heavy atom. The van der Waals surface area contributed by atoms with E-state index < -0.39 is 15.9 Å². The number of hydrogen-bond donors (Lipinski definition) is 1. The molecule has 1 amide bonds. The predicted octanol–water partition coefficient (Wildman–Crippen LogP) is 5.15. The van der Waals surface area contributed by atoms with Crippen molar-refractivity contribution in [1.29, 1.82) is 0 Å². The second-order valence-electron chi connectivity index (χ2n) is 8.51. The molecule has 0 aliphatic carbocycles. The Morgan fingerprint density at radius 2 is 1.41 bits per heavy atom. The maximum atomic E-state index is 13.1. The number of carbonyl (C=O) groups excluding carboxylic acids is 1. The number of piperidine rings is 1. The Bertz CT molecular complexity index is 1040. The van der Waals surface area contributed by atoms with Crippen LogP contribution in [-0.2, 0) is 10.0 Å². The Kier molecular flexibility index (Phi) is 7.38. The molecule has 2 saturated heterocycles. The van der Waals surface area contributed by atoms with Crippen molar-refractivity contribution in [3.63, 3.8) is 0 Å². The molecule has 0 atom stereocenters. The summed E-state index contributed by atoms with van der Waals surface area (Å²) in [5.41, 5.74) is 1.95. The Hall–Kier alpha value is -2.09. The van der Waals surface area contributed by atoms with E-state index in [1.807, 2.05) is 24.3 Å². The molecule has 172 valence electrons. The number of anilines is 2. The average Bonchev–Trinajstić information content (AvgIpc) is 3.10. The number of nitrogens with one attached hydrogen (secondary N) is 1. The molecule has 2 aliphatic rings. The van der Waals surface area contributed by atoms with Gasteiger partial charge in [-0.15, -0.1) is 0 Å². The summed E-state index contributed by atoms with van der Waals surface area (Å²) in [6, 6.07) is 12.1. The molecule has 0 radical (unpaired) electrons. The topological polar surface area (TPSA) is 69.7 Å². The van der Waals surface area contributed by atoms with Gasteiger partial charge in [0.2, 0.25) is 10.0 Å². The minimum Gasteiger partial charge on any atom is -0.372 e. The fourth-order valence-corrected chi connectivity index (χ4v) is 6.12. The third-order valence-electron chi connectivity index (χ3n) is 6.23. The van der Waals surface area contributed by atoms with Crippen molar-refractivity contribution in [2.45, 2.75) is 49.8 Å². The lowest BCUT2D eigenvalue weighted by molar-refractivity contribution is 0.102. The molecule has 8 heteroatoms. The molecule has 0 bridgehead atoms. The summed E-state index contributed by atoms with van der Waals surface area (Å²) in [5, 5.41) is 3.07. The van der Waals surface area contributed by atoms with E-state index in [4.69, 9.17) is 11.6 Å². The van der Waals surface area contributed by atoms with Crippen LogP contribution in [-0.4, -0.2) is 44.8 Å². The van der Waals surface area contributed by atoms with Gasteiger partial charge >= 0.3 is 0 Å². The van der Waals surface area contributed by atoms with Crippen LogP contribution in [0.25, 0.3) is 0 Å². The summed E-state index contributed by atoms with van der Waals surface area (Å²) in [6.45, 7) is 3.13. The van der Waals surface area contributed by atoms with Crippen molar-refractivity contribution in [2.24, 2.45) is 0 Å². The molecule has 2 aromatic rings. The van der Waals surface area contributed by atoms with Crippen LogP contribution < -0.4 is 10.2 Å². The molecule has 0 spiro atoms. The number of carbonyl (C=O) groups is 1. The normalized spacial score (nSPS) is 18.2. The summed E-state index contributed by atoms with van der Waals surface area (Å²) in [4.78, 5) is 15.4. The molecular weight excluding hydrogens is 446 g/mol. The largest absolute Gasteiger partial charge is 0.372 e. The van der Waals surface area contributed by atoms with Crippen LogP contribution >= 0.6 is 11.6 Å². The maximum absolute atomic E-state index is 13.1. The average molecular weight is 476 g/mol. The van der Waals surface area contributed by atoms with Crippen LogP contribution in [0.1, 0.15) is 55.3 Å². The number of benzene rings is 2. The van der Waals surface area contributed by atoms with E-state index in [-0.39, 0.29) is 15.5 Å². The second-order valence-corrected chi connectivity index (χ2v) is 10.9. The van der Waals surface area contributed by atoms with Crippen LogP contribution in [0.4, 0.5) is 11.4 Å². The zero-order valence-electron chi connectivity index (χ0n) is 18.2. The predicted molar refractivity (Wildman–Crippen MR) is 129 cm³/mol. The SMILES string of the molecule is O=C(Nc1ccc(N2CCCCC2)cc1)c1cc(S(=O)(=O)N2CCCCCC2)ccc1Cl. The molecular formula is C24H30ClN3O3S. The van der Waals surface area contributed by atoms with Gasteiger partial charge in [0.1, 0.15) is 0 Å². The van der Waals surface area contributed by atoms with E-state index in [1.165, 1.54) is 41.8 Å². The van der Waals surface area contributed by atoms with Gasteiger partial charge in [-0.1, -0.05) is 24.4 Å². The summed E-state index contributed by atoms with van der Waals surface area (Å²) in [6.07, 6.45) is 7.47. The van der Waals surface area contributed by atoms with Gasteiger partial charge in [0.25, 0.3) is 5.91 Å². The minimum atomic E-state index is -3.66. The monoisotopic (exact) mass is 475 g/mol. The lowest BCUT2D eigenvalue weighted by Gasteiger charge is -2.28. The number of rotatable bonds is 5. The van der Waals surface area contributed by atoms with Crippen LogP contribution in [0, 0.1) is 0 Å². The lowest BCUT2D eigenvalue weighted by atomic mass is 10.1. The zero-order chi connectivity index (χ0) is 22.6. The van der Waals surface area contributed by atoms with Gasteiger partial charge in [0.15, 0.2) is 0 Å². The van der Waals surface area contributed by atoms with E-state index >= 15 is 0 Å². The van der Waals surface area contributed by atoms with Gasteiger partial charge < -0.3 is 10.2 Å². The standard InChI is InChI=1S/C24H30ClN3O3S/c25-23-13-12-21(32(30,31)28-16-6-1-2-7-17-28)18-22(23)24(29)26-19-8-10-20(11-9-19)27-14-4-3-5-15-27/h8-13,18H,1-7,14-17H2,(H,26,29). The Morgan fingerprint density at radius 3 is 2.06 bits per heavy atom. The Labute approximate surface area is 195 Å². The van der Waals surface area contributed by atoms with Crippen molar-refractivity contribution in [3.05, 3.63) is 53.1 Å². The number of hydrogen-bond acceptors (Lipinski definition) is 4. The Balaban J connectivity index is 1.50. The first-order valence-corrected chi connectivity index (χ1v) is 13.2. The number of amides is 1. The fourth-order valence-electron chi connectivity index (χ4n) is 4.38. The van der Waals surface area contributed by atoms with Crippen molar-refractivity contribution < 1.29 is 13.2 Å². The van der Waals surface area contributed by atoms with E-state index in [0.29, 0.717) is 18.8 Å². The summed E-state index contributed by atoms with van der Waals surface area (Å²) < 4.78 is 27.8. The highest BCUT2D eigenvalue weighted by molar-refractivity contribution is 7.89. The molecule has 4 rings (SSSR count). The molecule has 6 nitrogen and oxygen atoms in total. The minimum absolute atomic E-state index is 0.106. The van der Waals surface area contributed by atoms with Gasteiger partial charge in [0.05, 0.1) is 15.5 Å². The maximum Gasteiger partial charge on any atom is 0.257 e. The van der Waals surface area contributed by atoms with Gasteiger partial charge in [0, 0.05) is 37.6 Å². The first-order valence-electron chi connectivity index (χ1n) is 11.4. The molecule has 2 heterocycles. The van der Waals surface area contributed by atoms with Crippen molar-refractivity contribution >= 4 is 38.9 Å². The van der Waals surface area contributed by atoms with Gasteiger partial charge in [-0.25, -0.2) is 8.42 Å². The molecule has 2 aliphatic heterocycles. The van der Waals surface area contributed by atoms with Crippen molar-refractivity contribution in [1.82, 2.24) is 4.31 Å². The van der Waals surface area contributed by atoms with Gasteiger partial charge in [-0.2, -0.15) is 4.31 Å². The smallest absolute Gasteiger partial charge is 0.257 e. The van der Waals surface area contributed by atoms with Crippen LogP contribution in [0.3, 0.4) is 0 Å². The van der Waals surface area contributed by atoms with Crippen molar-refractivity contribution in [2.75, 3.05) is 36.4 Å². The van der Waals surface area contributed by atoms with E-state index in [0.717, 1.165) is 44.5 Å². The molecule has 32 heavy (non-hydrogen) atoms. The number of sulfonamides is 1. The molecule has 2 fully saturated rings. The highest BCUT2D eigenvalue weighted by atomic mass is 35.5. The highest BCUT2D eigenvalue weighted by Gasteiger charge is 2.26. The molecule has 0 saturated carbocycles. The van der Waals surface area contributed by atoms with Gasteiger partial charge in [-0.05, 0) is 74.6 Å². The number of nitrogens with zero attached hydrogens (tertiary/aromatic N) is 2. The van der Waals surface area contributed by atoms with E-state index in [2.05, 4.69) is 10.2 Å². The third-order valence-corrected chi connectivity index (χ3v) is 8.46.